The van der Waals surface area contributed by atoms with Crippen molar-refractivity contribution in [1.29, 1.82) is 0 Å². The number of hydrogen-bond acceptors (Lipinski definition) is 4. The maximum Gasteiger partial charge on any atom is 0.120 e. The molecule has 0 amide bonds. The number of nitrogens with zero attached hydrogens (tertiary/aromatic N) is 1. The van der Waals surface area contributed by atoms with Gasteiger partial charge in [0.25, 0.3) is 0 Å². The highest BCUT2D eigenvalue weighted by Gasteiger charge is 2.07. The number of thiazole rings is 1. The van der Waals surface area contributed by atoms with Gasteiger partial charge in [-0.05, 0) is 6.92 Å². The molecule has 0 saturated carbocycles. The van der Waals surface area contributed by atoms with Gasteiger partial charge in [-0.3, -0.25) is 0 Å². The van der Waals surface area contributed by atoms with E-state index in [1.807, 2.05) is 12.3 Å². The Bertz CT molecular complexity index is 188. The van der Waals surface area contributed by atoms with Gasteiger partial charge in [-0.2, -0.15) is 0 Å². The molecule has 0 aromatic carbocycles. The van der Waals surface area contributed by atoms with Crippen LogP contribution in [0.3, 0.4) is 0 Å². The average molecular weight is 173 g/mol. The van der Waals surface area contributed by atoms with Crippen molar-refractivity contribution in [1.82, 2.24) is 4.98 Å². The molecule has 1 atom stereocenters. The van der Waals surface area contributed by atoms with Gasteiger partial charge in [-0.25, -0.2) is 4.98 Å². The molecule has 1 heterocycles. The fourth-order valence-electron chi connectivity index (χ4n) is 0.701. The second kappa shape index (κ2) is 4.43. The van der Waals surface area contributed by atoms with Crippen molar-refractivity contribution in [3.63, 3.8) is 0 Å². The zero-order valence-electron chi connectivity index (χ0n) is 6.36. The lowest BCUT2D eigenvalue weighted by molar-refractivity contribution is 0.0401. The van der Waals surface area contributed by atoms with Gasteiger partial charge in [0.2, 0.25) is 0 Å². The highest BCUT2D eigenvalue weighted by molar-refractivity contribution is 7.07. The maximum atomic E-state index is 9.36. The molecule has 1 aromatic heterocycles. The maximum absolute atomic E-state index is 9.36. The van der Waals surface area contributed by atoms with Gasteiger partial charge >= 0.3 is 0 Å². The first-order valence-electron chi connectivity index (χ1n) is 3.48. The second-order valence-corrected chi connectivity index (χ2v) is 2.81. The molecule has 4 heteroatoms. The number of aliphatic hydroxyl groups excluding tert-OH is 1. The van der Waals surface area contributed by atoms with Gasteiger partial charge in [-0.15, -0.1) is 11.3 Å². The van der Waals surface area contributed by atoms with E-state index in [0.717, 1.165) is 0 Å². The summed E-state index contributed by atoms with van der Waals surface area (Å²) >= 11 is 1.47. The number of hydrogen-bond donors (Lipinski definition) is 1. The molecule has 1 aromatic rings. The Hall–Kier alpha value is -0.450. The van der Waals surface area contributed by atoms with Crippen molar-refractivity contribution < 1.29 is 9.84 Å². The van der Waals surface area contributed by atoms with Crippen LogP contribution in [0.25, 0.3) is 0 Å². The standard InChI is InChI=1S/C7H11NO2S/c1-2-10-3-7(9)6-4-11-5-8-6/h4-5,7,9H,2-3H2,1H3. The van der Waals surface area contributed by atoms with Gasteiger partial charge in [-0.1, -0.05) is 0 Å². The Kier molecular flexibility index (Phi) is 3.48. The van der Waals surface area contributed by atoms with E-state index in [9.17, 15) is 5.11 Å². The zero-order valence-corrected chi connectivity index (χ0v) is 7.17. The topological polar surface area (TPSA) is 42.4 Å². The van der Waals surface area contributed by atoms with Crippen LogP contribution in [0.4, 0.5) is 0 Å². The molecule has 62 valence electrons. The number of aromatic nitrogens is 1. The van der Waals surface area contributed by atoms with Crippen LogP contribution in [-0.2, 0) is 4.74 Å². The molecule has 0 spiro atoms. The highest BCUT2D eigenvalue weighted by Crippen LogP contribution is 2.12. The summed E-state index contributed by atoms with van der Waals surface area (Å²) < 4.78 is 5.03. The Labute approximate surface area is 69.7 Å². The van der Waals surface area contributed by atoms with Crippen molar-refractivity contribution in [2.75, 3.05) is 13.2 Å². The summed E-state index contributed by atoms with van der Waals surface area (Å²) in [4.78, 5) is 3.96. The van der Waals surface area contributed by atoms with E-state index in [1.54, 1.807) is 5.51 Å². The molecule has 0 aliphatic heterocycles. The first kappa shape index (κ1) is 8.64. The third-order valence-corrected chi connectivity index (χ3v) is 1.88. The molecule has 11 heavy (non-hydrogen) atoms. The summed E-state index contributed by atoms with van der Waals surface area (Å²) in [6.07, 6.45) is -0.568. The Morgan fingerprint density at radius 3 is 3.18 bits per heavy atom. The van der Waals surface area contributed by atoms with Crippen LogP contribution in [0, 0.1) is 0 Å². The summed E-state index contributed by atoms with van der Waals surface area (Å²) in [6, 6.07) is 0. The molecular formula is C7H11NO2S. The second-order valence-electron chi connectivity index (χ2n) is 2.09. The lowest BCUT2D eigenvalue weighted by Crippen LogP contribution is -2.06. The van der Waals surface area contributed by atoms with Crippen molar-refractivity contribution in [3.8, 4) is 0 Å². The van der Waals surface area contributed by atoms with Crippen LogP contribution >= 0.6 is 11.3 Å². The molecule has 0 saturated heterocycles. The van der Waals surface area contributed by atoms with Gasteiger partial charge in [0.15, 0.2) is 0 Å². The summed E-state index contributed by atoms with van der Waals surface area (Å²) in [5.41, 5.74) is 2.40. The molecule has 1 unspecified atom stereocenters. The van der Waals surface area contributed by atoms with Crippen molar-refractivity contribution in [2.45, 2.75) is 13.0 Å². The Morgan fingerprint density at radius 1 is 1.82 bits per heavy atom. The smallest absolute Gasteiger partial charge is 0.120 e. The molecule has 0 fully saturated rings. The van der Waals surface area contributed by atoms with Gasteiger partial charge in [0, 0.05) is 12.0 Å². The van der Waals surface area contributed by atoms with E-state index in [1.165, 1.54) is 11.3 Å². The molecule has 1 N–H and O–H groups in total. The predicted molar refractivity (Wildman–Crippen MR) is 43.6 cm³/mol. The van der Waals surface area contributed by atoms with Crippen LogP contribution in [0.5, 0.6) is 0 Å². The van der Waals surface area contributed by atoms with Crippen LogP contribution in [0.2, 0.25) is 0 Å². The summed E-state index contributed by atoms with van der Waals surface area (Å²) in [5, 5.41) is 11.2. The lowest BCUT2D eigenvalue weighted by atomic mass is 10.3. The molecule has 0 radical (unpaired) electrons. The third kappa shape index (κ3) is 2.57. The fourth-order valence-corrected chi connectivity index (χ4v) is 1.30. The summed E-state index contributed by atoms with van der Waals surface area (Å²) in [5.74, 6) is 0. The first-order valence-corrected chi connectivity index (χ1v) is 4.42. The molecule has 1 rings (SSSR count). The summed E-state index contributed by atoms with van der Waals surface area (Å²) in [6.45, 7) is 2.86. The van der Waals surface area contributed by atoms with E-state index in [4.69, 9.17) is 4.74 Å². The molecule has 0 aliphatic rings. The van der Waals surface area contributed by atoms with E-state index in [0.29, 0.717) is 18.9 Å². The van der Waals surface area contributed by atoms with Crippen molar-refractivity contribution >= 4 is 11.3 Å². The average Bonchev–Trinajstić information content (AvgIpc) is 2.52. The zero-order chi connectivity index (χ0) is 8.10. The van der Waals surface area contributed by atoms with E-state index in [2.05, 4.69) is 4.98 Å². The molecular weight excluding hydrogens is 162 g/mol. The highest BCUT2D eigenvalue weighted by atomic mass is 32.1. The molecule has 0 bridgehead atoms. The van der Waals surface area contributed by atoms with Gasteiger partial charge in [0.1, 0.15) is 6.10 Å². The van der Waals surface area contributed by atoms with Crippen LogP contribution in [-0.4, -0.2) is 23.3 Å². The van der Waals surface area contributed by atoms with E-state index < -0.39 is 6.10 Å². The number of rotatable bonds is 4. The van der Waals surface area contributed by atoms with Crippen molar-refractivity contribution in [2.24, 2.45) is 0 Å². The van der Waals surface area contributed by atoms with Gasteiger partial charge < -0.3 is 9.84 Å². The van der Waals surface area contributed by atoms with Crippen LogP contribution < -0.4 is 0 Å². The fraction of sp³-hybridized carbons (Fsp3) is 0.571. The minimum absolute atomic E-state index is 0.334. The van der Waals surface area contributed by atoms with Crippen LogP contribution in [0.15, 0.2) is 10.9 Å². The number of ether oxygens (including phenoxy) is 1. The molecule has 3 nitrogen and oxygen atoms in total. The third-order valence-electron chi connectivity index (χ3n) is 1.27. The minimum Gasteiger partial charge on any atom is -0.384 e. The lowest BCUT2D eigenvalue weighted by Gasteiger charge is -2.06. The summed E-state index contributed by atoms with van der Waals surface area (Å²) in [7, 11) is 0. The largest absolute Gasteiger partial charge is 0.384 e. The Balaban J connectivity index is 2.36. The SMILES string of the molecule is CCOCC(O)c1cscn1. The van der Waals surface area contributed by atoms with E-state index in [-0.39, 0.29) is 0 Å². The van der Waals surface area contributed by atoms with Gasteiger partial charge in [0.05, 0.1) is 17.8 Å². The monoisotopic (exact) mass is 173 g/mol. The van der Waals surface area contributed by atoms with E-state index >= 15 is 0 Å². The number of aliphatic hydroxyl groups is 1. The van der Waals surface area contributed by atoms with Crippen molar-refractivity contribution in [3.05, 3.63) is 16.6 Å². The quantitative estimate of drug-likeness (QED) is 0.744. The van der Waals surface area contributed by atoms with Crippen LogP contribution in [0.1, 0.15) is 18.7 Å². The minimum atomic E-state index is -0.568. The molecule has 0 aliphatic carbocycles. The predicted octanol–water partition coefficient (Wildman–Crippen LogP) is 1.21. The first-order chi connectivity index (χ1) is 5.34. The Morgan fingerprint density at radius 2 is 2.64 bits per heavy atom. The normalized spacial score (nSPS) is 13.3.